The van der Waals surface area contributed by atoms with E-state index in [9.17, 15) is 31.1 Å². The van der Waals surface area contributed by atoms with Crippen LogP contribution in [-0.2, 0) is 15.1 Å². The van der Waals surface area contributed by atoms with Gasteiger partial charge in [0.25, 0.3) is 0 Å². The van der Waals surface area contributed by atoms with Crippen LogP contribution in [-0.4, -0.2) is 23.4 Å². The SMILES string of the molecule is CC(=O)OC(c1ccc(O)cc1)(C(F)(F)F)C(F)(F)F. The van der Waals surface area contributed by atoms with Gasteiger partial charge in [-0.25, -0.2) is 0 Å². The van der Waals surface area contributed by atoms with Crippen LogP contribution in [0.5, 0.6) is 5.75 Å². The fourth-order valence-corrected chi connectivity index (χ4v) is 1.57. The molecular formula is C11H8F6O3. The number of phenols is 1. The third kappa shape index (κ3) is 2.66. The number of ether oxygens (including phenoxy) is 1. The van der Waals surface area contributed by atoms with E-state index in [1.165, 1.54) is 0 Å². The van der Waals surface area contributed by atoms with Gasteiger partial charge in [0.05, 0.1) is 0 Å². The number of halogens is 6. The smallest absolute Gasteiger partial charge is 0.442 e. The van der Waals surface area contributed by atoms with E-state index in [1.807, 2.05) is 0 Å². The molecule has 0 fully saturated rings. The van der Waals surface area contributed by atoms with E-state index in [2.05, 4.69) is 4.74 Å². The van der Waals surface area contributed by atoms with Crippen LogP contribution in [0.2, 0.25) is 0 Å². The number of esters is 1. The standard InChI is InChI=1S/C11H8F6O3/c1-6(18)20-9(10(12,13)14,11(15,16)17)7-2-4-8(19)5-3-7/h2-5,19H,1H3. The van der Waals surface area contributed by atoms with Crippen molar-refractivity contribution in [3.8, 4) is 5.75 Å². The van der Waals surface area contributed by atoms with Crippen LogP contribution in [0, 0.1) is 0 Å². The van der Waals surface area contributed by atoms with Gasteiger partial charge in [0, 0.05) is 12.5 Å². The highest BCUT2D eigenvalue weighted by Crippen LogP contribution is 2.53. The number of phenolic OH excluding ortho intramolecular Hbond substituents is 1. The lowest BCUT2D eigenvalue weighted by molar-refractivity contribution is -0.377. The van der Waals surface area contributed by atoms with Crippen LogP contribution in [0.4, 0.5) is 26.3 Å². The first-order valence-electron chi connectivity index (χ1n) is 5.04. The molecule has 0 heterocycles. The van der Waals surface area contributed by atoms with Gasteiger partial charge in [-0.3, -0.25) is 4.79 Å². The normalized spacial score (nSPS) is 13.2. The van der Waals surface area contributed by atoms with Gasteiger partial charge in [-0.2, -0.15) is 26.3 Å². The first kappa shape index (κ1) is 16.1. The Bertz CT molecular complexity index is 474. The van der Waals surface area contributed by atoms with E-state index in [-0.39, 0.29) is 0 Å². The maximum Gasteiger partial charge on any atom is 0.442 e. The van der Waals surface area contributed by atoms with E-state index in [0.717, 1.165) is 0 Å². The molecule has 0 aliphatic rings. The highest BCUT2D eigenvalue weighted by Gasteiger charge is 2.75. The van der Waals surface area contributed by atoms with Crippen LogP contribution in [0.15, 0.2) is 24.3 Å². The minimum atomic E-state index is -5.92. The van der Waals surface area contributed by atoms with Gasteiger partial charge in [-0.1, -0.05) is 12.1 Å². The van der Waals surface area contributed by atoms with Gasteiger partial charge in [-0.15, -0.1) is 0 Å². The Morgan fingerprint density at radius 1 is 1.00 bits per heavy atom. The van der Waals surface area contributed by atoms with Crippen molar-refractivity contribution < 1.29 is 41.0 Å². The Labute approximate surface area is 108 Å². The van der Waals surface area contributed by atoms with Crippen LogP contribution in [0.1, 0.15) is 12.5 Å². The molecule has 0 aromatic heterocycles. The summed E-state index contributed by atoms with van der Waals surface area (Å²) in [6, 6.07) is 2.04. The largest absolute Gasteiger partial charge is 0.508 e. The zero-order valence-corrected chi connectivity index (χ0v) is 9.84. The van der Waals surface area contributed by atoms with Crippen LogP contribution < -0.4 is 0 Å². The Kier molecular flexibility index (Phi) is 3.93. The van der Waals surface area contributed by atoms with Gasteiger partial charge in [-0.05, 0) is 12.1 Å². The summed E-state index contributed by atoms with van der Waals surface area (Å²) in [6.07, 6.45) is -11.8. The molecule has 1 N–H and O–H groups in total. The molecule has 0 radical (unpaired) electrons. The molecule has 0 aliphatic heterocycles. The molecule has 0 aliphatic carbocycles. The second-order valence-corrected chi connectivity index (χ2v) is 3.82. The summed E-state index contributed by atoms with van der Waals surface area (Å²) >= 11 is 0. The summed E-state index contributed by atoms with van der Waals surface area (Å²) in [5.41, 5.74) is -6.13. The Morgan fingerprint density at radius 3 is 1.70 bits per heavy atom. The zero-order chi connectivity index (χ0) is 15.8. The van der Waals surface area contributed by atoms with Crippen molar-refractivity contribution in [2.45, 2.75) is 24.9 Å². The lowest BCUT2D eigenvalue weighted by Crippen LogP contribution is -2.56. The van der Waals surface area contributed by atoms with Crippen LogP contribution >= 0.6 is 0 Å². The minimum absolute atomic E-state index is 0.388. The number of alkyl halides is 6. The number of carbonyl (C=O) groups is 1. The number of aromatic hydroxyl groups is 1. The lowest BCUT2D eigenvalue weighted by Gasteiger charge is -2.36. The summed E-state index contributed by atoms with van der Waals surface area (Å²) in [4.78, 5) is 10.7. The quantitative estimate of drug-likeness (QED) is 0.673. The number of carbonyl (C=O) groups excluding carboxylic acids is 1. The molecule has 0 unspecified atom stereocenters. The first-order chi connectivity index (χ1) is 8.92. The van der Waals surface area contributed by atoms with Gasteiger partial charge >= 0.3 is 23.9 Å². The summed E-state index contributed by atoms with van der Waals surface area (Å²) in [5.74, 6) is -2.28. The zero-order valence-electron chi connectivity index (χ0n) is 9.84. The third-order valence-corrected chi connectivity index (χ3v) is 2.37. The highest BCUT2D eigenvalue weighted by molar-refractivity contribution is 5.67. The van der Waals surface area contributed by atoms with E-state index < -0.39 is 35.2 Å². The molecule has 0 atom stereocenters. The van der Waals surface area contributed by atoms with Crippen molar-refractivity contribution in [3.63, 3.8) is 0 Å². The number of hydrogen-bond donors (Lipinski definition) is 1. The Morgan fingerprint density at radius 2 is 1.40 bits per heavy atom. The molecule has 1 aromatic carbocycles. The predicted molar refractivity (Wildman–Crippen MR) is 53.7 cm³/mol. The molecule has 0 saturated heterocycles. The molecule has 0 saturated carbocycles. The van der Waals surface area contributed by atoms with Crippen molar-refractivity contribution in [2.24, 2.45) is 0 Å². The van der Waals surface area contributed by atoms with E-state index in [4.69, 9.17) is 5.11 Å². The molecule has 0 spiro atoms. The van der Waals surface area contributed by atoms with Crippen molar-refractivity contribution in [1.82, 2.24) is 0 Å². The maximum atomic E-state index is 13.0. The lowest BCUT2D eigenvalue weighted by atomic mass is 9.91. The first-order valence-corrected chi connectivity index (χ1v) is 5.04. The van der Waals surface area contributed by atoms with E-state index in [1.54, 1.807) is 0 Å². The Balaban J connectivity index is 3.61. The van der Waals surface area contributed by atoms with Crippen molar-refractivity contribution in [3.05, 3.63) is 29.8 Å². The van der Waals surface area contributed by atoms with E-state index in [0.29, 0.717) is 31.2 Å². The monoisotopic (exact) mass is 302 g/mol. The van der Waals surface area contributed by atoms with Crippen molar-refractivity contribution >= 4 is 5.97 Å². The summed E-state index contributed by atoms with van der Waals surface area (Å²) in [5, 5.41) is 8.94. The minimum Gasteiger partial charge on any atom is -0.508 e. The number of rotatable bonds is 2. The fourth-order valence-electron chi connectivity index (χ4n) is 1.57. The number of benzene rings is 1. The second kappa shape index (κ2) is 4.88. The topological polar surface area (TPSA) is 46.5 Å². The predicted octanol–water partition coefficient (Wildman–Crippen LogP) is 3.28. The number of hydrogen-bond acceptors (Lipinski definition) is 3. The van der Waals surface area contributed by atoms with Crippen molar-refractivity contribution in [1.29, 1.82) is 0 Å². The molecule has 1 aromatic rings. The molecule has 9 heteroatoms. The van der Waals surface area contributed by atoms with Gasteiger partial charge in [0.1, 0.15) is 5.75 Å². The van der Waals surface area contributed by atoms with Crippen molar-refractivity contribution in [2.75, 3.05) is 0 Å². The summed E-state index contributed by atoms with van der Waals surface area (Å²) in [7, 11) is 0. The highest BCUT2D eigenvalue weighted by atomic mass is 19.4. The molecule has 0 bridgehead atoms. The fraction of sp³-hybridized carbons (Fsp3) is 0.364. The molecule has 112 valence electrons. The molecule has 3 nitrogen and oxygen atoms in total. The molecule has 1 rings (SSSR count). The maximum absolute atomic E-state index is 13.0. The summed E-state index contributed by atoms with van der Waals surface area (Å²) in [6.45, 7) is 0.437. The molecule has 20 heavy (non-hydrogen) atoms. The average molecular weight is 302 g/mol. The van der Waals surface area contributed by atoms with E-state index >= 15 is 0 Å². The molecule has 0 amide bonds. The molecular weight excluding hydrogens is 294 g/mol. The van der Waals surface area contributed by atoms with Crippen LogP contribution in [0.3, 0.4) is 0 Å². The van der Waals surface area contributed by atoms with Gasteiger partial charge in [0.2, 0.25) is 0 Å². The van der Waals surface area contributed by atoms with Gasteiger partial charge < -0.3 is 9.84 Å². The third-order valence-electron chi connectivity index (χ3n) is 2.37. The van der Waals surface area contributed by atoms with Crippen LogP contribution in [0.25, 0.3) is 0 Å². The second-order valence-electron chi connectivity index (χ2n) is 3.82. The van der Waals surface area contributed by atoms with Gasteiger partial charge in [0.15, 0.2) is 0 Å². The Hall–Kier alpha value is -1.93. The average Bonchev–Trinajstić information content (AvgIpc) is 2.23. The summed E-state index contributed by atoms with van der Waals surface area (Å²) < 4.78 is 81.4.